The highest BCUT2D eigenvalue weighted by molar-refractivity contribution is 5.78. The average molecular weight is 367 g/mol. The molecule has 0 bridgehead atoms. The zero-order valence-corrected chi connectivity index (χ0v) is 15.3. The molecule has 3 heterocycles. The second-order valence-corrected chi connectivity index (χ2v) is 7.09. The van der Waals surface area contributed by atoms with Gasteiger partial charge in [0, 0.05) is 32.0 Å². The van der Waals surface area contributed by atoms with Gasteiger partial charge in [0.2, 0.25) is 11.8 Å². The summed E-state index contributed by atoms with van der Waals surface area (Å²) in [7, 11) is 0. The van der Waals surface area contributed by atoms with Crippen molar-refractivity contribution in [3.63, 3.8) is 0 Å². The van der Waals surface area contributed by atoms with Crippen LogP contribution in [0.25, 0.3) is 0 Å². The maximum atomic E-state index is 12.6. The Labute approximate surface area is 159 Å². The van der Waals surface area contributed by atoms with Gasteiger partial charge in [-0.1, -0.05) is 30.3 Å². The summed E-state index contributed by atoms with van der Waals surface area (Å²) in [5.74, 6) is 0.593. The summed E-state index contributed by atoms with van der Waals surface area (Å²) in [6, 6.07) is 13.9. The van der Waals surface area contributed by atoms with E-state index in [1.54, 1.807) is 6.20 Å². The van der Waals surface area contributed by atoms with Crippen LogP contribution in [0.15, 0.2) is 48.7 Å². The molecule has 0 spiro atoms. The molecule has 2 atom stereocenters. The first kappa shape index (κ1) is 17.9. The number of nitrogens with zero attached hydrogens (tertiary/aromatic N) is 2. The molecular formula is C21H25N3O3. The summed E-state index contributed by atoms with van der Waals surface area (Å²) in [4.78, 5) is 19.0. The lowest BCUT2D eigenvalue weighted by Gasteiger charge is -2.33. The Kier molecular flexibility index (Phi) is 5.65. The standard InChI is InChI=1S/C21H25N3O3/c25-20(14-24-11-8-16-5-1-2-6-17(16)13-24)23-18-9-12-26-15-19(18)27-21-7-3-4-10-22-21/h1-7,10,18-19H,8-9,11-15H2,(H,23,25). The van der Waals surface area contributed by atoms with Crippen LogP contribution >= 0.6 is 0 Å². The average Bonchev–Trinajstić information content (AvgIpc) is 2.70. The minimum atomic E-state index is -0.223. The van der Waals surface area contributed by atoms with E-state index in [0.717, 1.165) is 25.9 Å². The van der Waals surface area contributed by atoms with Gasteiger partial charge in [-0.15, -0.1) is 0 Å². The Morgan fingerprint density at radius 2 is 2.07 bits per heavy atom. The number of benzene rings is 1. The molecule has 1 fully saturated rings. The molecule has 0 radical (unpaired) electrons. The van der Waals surface area contributed by atoms with Gasteiger partial charge >= 0.3 is 0 Å². The number of aromatic nitrogens is 1. The van der Waals surface area contributed by atoms with Crippen molar-refractivity contribution in [2.24, 2.45) is 0 Å². The molecule has 27 heavy (non-hydrogen) atoms. The summed E-state index contributed by atoms with van der Waals surface area (Å²) in [6.45, 7) is 3.22. The van der Waals surface area contributed by atoms with Crippen LogP contribution in [-0.4, -0.2) is 54.2 Å². The van der Waals surface area contributed by atoms with Gasteiger partial charge in [0.15, 0.2) is 0 Å². The molecule has 2 unspecified atom stereocenters. The highest BCUT2D eigenvalue weighted by Gasteiger charge is 2.30. The van der Waals surface area contributed by atoms with E-state index in [1.807, 2.05) is 18.2 Å². The molecule has 1 amide bonds. The molecule has 1 aromatic carbocycles. The zero-order valence-electron chi connectivity index (χ0n) is 15.3. The topological polar surface area (TPSA) is 63.7 Å². The smallest absolute Gasteiger partial charge is 0.234 e. The van der Waals surface area contributed by atoms with Crippen molar-refractivity contribution in [2.45, 2.75) is 31.5 Å². The molecule has 142 valence electrons. The molecule has 0 saturated carbocycles. The summed E-state index contributed by atoms with van der Waals surface area (Å²) in [6.07, 6.45) is 3.21. The molecule has 0 aliphatic carbocycles. The number of pyridine rings is 1. The van der Waals surface area contributed by atoms with Crippen LogP contribution in [0.4, 0.5) is 0 Å². The SMILES string of the molecule is O=C(CN1CCc2ccccc2C1)NC1CCOCC1Oc1ccccn1. The van der Waals surface area contributed by atoms with Crippen LogP contribution in [0.3, 0.4) is 0 Å². The Hall–Kier alpha value is -2.44. The van der Waals surface area contributed by atoms with Crippen LogP contribution in [0.1, 0.15) is 17.5 Å². The highest BCUT2D eigenvalue weighted by Crippen LogP contribution is 2.19. The molecule has 1 aromatic heterocycles. The maximum absolute atomic E-state index is 12.6. The van der Waals surface area contributed by atoms with E-state index >= 15 is 0 Å². The Bertz CT molecular complexity index is 768. The minimum absolute atomic E-state index is 0.0379. The first-order chi connectivity index (χ1) is 13.3. The number of carbonyl (C=O) groups excluding carboxylic acids is 1. The lowest BCUT2D eigenvalue weighted by atomic mass is 10.00. The van der Waals surface area contributed by atoms with E-state index in [1.165, 1.54) is 11.1 Å². The number of ether oxygens (including phenoxy) is 2. The predicted octanol–water partition coefficient (Wildman–Crippen LogP) is 1.79. The number of nitrogens with one attached hydrogen (secondary N) is 1. The van der Waals surface area contributed by atoms with Crippen LogP contribution in [0, 0.1) is 0 Å². The van der Waals surface area contributed by atoms with Crippen LogP contribution in [0.2, 0.25) is 0 Å². The van der Waals surface area contributed by atoms with E-state index in [2.05, 4.69) is 39.5 Å². The molecule has 2 aliphatic rings. The number of hydrogen-bond acceptors (Lipinski definition) is 5. The number of carbonyl (C=O) groups is 1. The van der Waals surface area contributed by atoms with Gasteiger partial charge in [-0.2, -0.15) is 0 Å². The van der Waals surface area contributed by atoms with Crippen LogP contribution < -0.4 is 10.1 Å². The van der Waals surface area contributed by atoms with Crippen LogP contribution in [-0.2, 0) is 22.5 Å². The third-order valence-electron chi connectivity index (χ3n) is 5.14. The number of rotatable bonds is 5. The van der Waals surface area contributed by atoms with Gasteiger partial charge in [-0.25, -0.2) is 4.98 Å². The van der Waals surface area contributed by atoms with Crippen molar-refractivity contribution in [1.82, 2.24) is 15.2 Å². The van der Waals surface area contributed by atoms with E-state index in [9.17, 15) is 4.79 Å². The van der Waals surface area contributed by atoms with E-state index in [4.69, 9.17) is 9.47 Å². The minimum Gasteiger partial charge on any atom is -0.470 e. The fourth-order valence-electron chi connectivity index (χ4n) is 3.71. The maximum Gasteiger partial charge on any atom is 0.234 e. The van der Waals surface area contributed by atoms with Gasteiger partial charge < -0.3 is 14.8 Å². The predicted molar refractivity (Wildman–Crippen MR) is 101 cm³/mol. The van der Waals surface area contributed by atoms with Crippen molar-refractivity contribution in [3.05, 3.63) is 59.8 Å². The molecule has 1 saturated heterocycles. The summed E-state index contributed by atoms with van der Waals surface area (Å²) < 4.78 is 11.5. The summed E-state index contributed by atoms with van der Waals surface area (Å²) in [5.41, 5.74) is 2.71. The van der Waals surface area contributed by atoms with Gasteiger partial charge in [0.25, 0.3) is 0 Å². The Morgan fingerprint density at radius 1 is 1.22 bits per heavy atom. The fourth-order valence-corrected chi connectivity index (χ4v) is 3.71. The fraction of sp³-hybridized carbons (Fsp3) is 0.429. The first-order valence-corrected chi connectivity index (χ1v) is 9.52. The van der Waals surface area contributed by atoms with Gasteiger partial charge in [-0.05, 0) is 30.0 Å². The number of amides is 1. The van der Waals surface area contributed by atoms with Crippen molar-refractivity contribution in [3.8, 4) is 5.88 Å². The summed E-state index contributed by atoms with van der Waals surface area (Å²) >= 11 is 0. The second-order valence-electron chi connectivity index (χ2n) is 7.09. The Balaban J connectivity index is 1.32. The van der Waals surface area contributed by atoms with Crippen LogP contribution in [0.5, 0.6) is 5.88 Å². The van der Waals surface area contributed by atoms with E-state index < -0.39 is 0 Å². The molecule has 2 aliphatic heterocycles. The van der Waals surface area contributed by atoms with E-state index in [0.29, 0.717) is 25.6 Å². The molecule has 4 rings (SSSR count). The van der Waals surface area contributed by atoms with Crippen molar-refractivity contribution >= 4 is 5.91 Å². The van der Waals surface area contributed by atoms with Gasteiger partial charge in [0.1, 0.15) is 6.10 Å². The van der Waals surface area contributed by atoms with E-state index in [-0.39, 0.29) is 18.1 Å². The van der Waals surface area contributed by atoms with Crippen molar-refractivity contribution in [2.75, 3.05) is 26.3 Å². The molecular weight excluding hydrogens is 342 g/mol. The van der Waals surface area contributed by atoms with Gasteiger partial charge in [-0.3, -0.25) is 9.69 Å². The summed E-state index contributed by atoms with van der Waals surface area (Å²) in [5, 5.41) is 3.15. The third kappa shape index (κ3) is 4.64. The quantitative estimate of drug-likeness (QED) is 0.873. The number of hydrogen-bond donors (Lipinski definition) is 1. The van der Waals surface area contributed by atoms with Crippen molar-refractivity contribution in [1.29, 1.82) is 0 Å². The molecule has 2 aromatic rings. The highest BCUT2D eigenvalue weighted by atomic mass is 16.5. The normalized spacial score (nSPS) is 22.7. The monoisotopic (exact) mass is 367 g/mol. The lowest BCUT2D eigenvalue weighted by molar-refractivity contribution is -0.125. The van der Waals surface area contributed by atoms with Crippen molar-refractivity contribution < 1.29 is 14.3 Å². The molecule has 6 nitrogen and oxygen atoms in total. The molecule has 6 heteroatoms. The lowest BCUT2D eigenvalue weighted by Crippen LogP contribution is -2.53. The molecule has 1 N–H and O–H groups in total. The largest absolute Gasteiger partial charge is 0.470 e. The first-order valence-electron chi connectivity index (χ1n) is 9.52. The number of fused-ring (bicyclic) bond motifs is 1. The Morgan fingerprint density at radius 3 is 2.93 bits per heavy atom. The second kappa shape index (κ2) is 8.50. The zero-order chi connectivity index (χ0) is 18.5. The van der Waals surface area contributed by atoms with Gasteiger partial charge in [0.05, 0.1) is 19.2 Å². The third-order valence-corrected chi connectivity index (χ3v) is 5.14.